The molecule has 1 aliphatic rings. The highest BCUT2D eigenvalue weighted by atomic mass is 79.9. The Kier molecular flexibility index (Phi) is 4.21. The summed E-state index contributed by atoms with van der Waals surface area (Å²) >= 11 is 3.54. The Bertz CT molecular complexity index is 670. The number of halogens is 1. The van der Waals surface area contributed by atoms with Crippen molar-refractivity contribution in [3.63, 3.8) is 0 Å². The zero-order chi connectivity index (χ0) is 15.9. The molecule has 2 aromatic rings. The Hall–Kier alpha value is -1.07. The van der Waals surface area contributed by atoms with E-state index in [0.29, 0.717) is 12.5 Å². The first-order valence-electron chi connectivity index (χ1n) is 7.95. The van der Waals surface area contributed by atoms with E-state index in [-0.39, 0.29) is 5.41 Å². The van der Waals surface area contributed by atoms with Gasteiger partial charge in [-0.1, -0.05) is 36.7 Å². The number of aromatic nitrogens is 2. The molecule has 2 N–H and O–H groups in total. The molecule has 0 saturated heterocycles. The Balaban J connectivity index is 1.94. The largest absolute Gasteiger partial charge is 0.374 e. The van der Waals surface area contributed by atoms with Crippen LogP contribution >= 0.6 is 15.9 Å². The first kappa shape index (κ1) is 15.8. The summed E-state index contributed by atoms with van der Waals surface area (Å²) in [5.74, 6) is 0.787. The van der Waals surface area contributed by atoms with E-state index in [1.54, 1.807) is 0 Å². The van der Waals surface area contributed by atoms with E-state index in [0.717, 1.165) is 21.5 Å². The quantitative estimate of drug-likeness (QED) is 0.772. The van der Waals surface area contributed by atoms with Crippen molar-refractivity contribution >= 4 is 32.9 Å². The van der Waals surface area contributed by atoms with Crippen molar-refractivity contribution in [2.45, 2.75) is 58.7 Å². The van der Waals surface area contributed by atoms with Crippen molar-refractivity contribution in [1.82, 2.24) is 9.55 Å². The fraction of sp³-hybridized carbons (Fsp3) is 0.588. The molecule has 0 aliphatic heterocycles. The zero-order valence-corrected chi connectivity index (χ0v) is 15.0. The number of hydrogen-bond donors (Lipinski definition) is 2. The highest BCUT2D eigenvalue weighted by Crippen LogP contribution is 2.38. The predicted octanol–water partition coefficient (Wildman–Crippen LogP) is 4.69. The Morgan fingerprint density at radius 1 is 1.41 bits per heavy atom. The number of hydrogen-bond acceptors (Lipinski definition) is 3. The second kappa shape index (κ2) is 5.85. The molecule has 120 valence electrons. The predicted molar refractivity (Wildman–Crippen MR) is 94.0 cm³/mol. The van der Waals surface area contributed by atoms with Crippen molar-refractivity contribution in [3.05, 3.63) is 22.7 Å². The van der Waals surface area contributed by atoms with Crippen molar-refractivity contribution in [2.24, 2.45) is 5.41 Å². The average Bonchev–Trinajstić information content (AvgIpc) is 2.63. The molecule has 1 atom stereocenters. The maximum absolute atomic E-state index is 10.3. The van der Waals surface area contributed by atoms with Gasteiger partial charge < -0.3 is 15.0 Å². The van der Waals surface area contributed by atoms with Gasteiger partial charge >= 0.3 is 0 Å². The zero-order valence-electron chi connectivity index (χ0n) is 13.4. The van der Waals surface area contributed by atoms with Crippen LogP contribution in [0.3, 0.4) is 0 Å². The van der Waals surface area contributed by atoms with Gasteiger partial charge in [-0.15, -0.1) is 0 Å². The lowest BCUT2D eigenvalue weighted by Gasteiger charge is -2.30. The van der Waals surface area contributed by atoms with Crippen LogP contribution in [0.2, 0.25) is 0 Å². The van der Waals surface area contributed by atoms with Gasteiger partial charge in [0.05, 0.1) is 11.0 Å². The van der Waals surface area contributed by atoms with Crippen molar-refractivity contribution in [2.75, 3.05) is 5.32 Å². The molecule has 3 rings (SSSR count). The fourth-order valence-electron chi connectivity index (χ4n) is 2.96. The van der Waals surface area contributed by atoms with Crippen LogP contribution < -0.4 is 5.32 Å². The molecule has 5 heteroatoms. The number of benzene rings is 1. The lowest BCUT2D eigenvalue weighted by Crippen LogP contribution is -2.28. The van der Waals surface area contributed by atoms with E-state index in [4.69, 9.17) is 4.98 Å². The van der Waals surface area contributed by atoms with Gasteiger partial charge in [0.25, 0.3) is 0 Å². The molecular formula is C17H24BrN3O. The molecule has 22 heavy (non-hydrogen) atoms. The molecule has 0 bridgehead atoms. The van der Waals surface area contributed by atoms with Gasteiger partial charge in [0.15, 0.2) is 0 Å². The number of aliphatic hydroxyl groups is 1. The Morgan fingerprint density at radius 3 is 2.73 bits per heavy atom. The Labute approximate surface area is 140 Å². The van der Waals surface area contributed by atoms with E-state index < -0.39 is 6.23 Å². The topological polar surface area (TPSA) is 50.1 Å². The fourth-order valence-corrected chi connectivity index (χ4v) is 3.31. The summed E-state index contributed by atoms with van der Waals surface area (Å²) in [5, 5.41) is 13.6. The molecule has 1 aromatic carbocycles. The molecule has 1 saturated carbocycles. The van der Waals surface area contributed by atoms with E-state index in [9.17, 15) is 5.11 Å². The second-order valence-corrected chi connectivity index (χ2v) is 8.36. The number of nitrogens with one attached hydrogen (secondary N) is 1. The minimum atomic E-state index is -0.584. The third-order valence-electron chi connectivity index (χ3n) is 4.19. The minimum absolute atomic E-state index is 0.0722. The summed E-state index contributed by atoms with van der Waals surface area (Å²) in [6.07, 6.45) is 3.73. The number of imidazole rings is 1. The molecular weight excluding hydrogens is 342 g/mol. The first-order chi connectivity index (χ1) is 10.3. The molecule has 0 amide bonds. The molecule has 0 spiro atoms. The van der Waals surface area contributed by atoms with E-state index >= 15 is 0 Å². The van der Waals surface area contributed by atoms with E-state index in [1.165, 1.54) is 19.3 Å². The SMILES string of the molecule is CC(C)(C)CC(O)Nc1nc2ccc(Br)cc2n1C1CCC1. The maximum Gasteiger partial charge on any atom is 0.206 e. The molecule has 1 unspecified atom stereocenters. The molecule has 1 heterocycles. The smallest absolute Gasteiger partial charge is 0.206 e. The van der Waals surface area contributed by atoms with Crippen molar-refractivity contribution < 1.29 is 5.11 Å². The van der Waals surface area contributed by atoms with Gasteiger partial charge in [-0.2, -0.15) is 0 Å². The summed E-state index contributed by atoms with van der Waals surface area (Å²) < 4.78 is 3.32. The number of nitrogens with zero attached hydrogens (tertiary/aromatic N) is 2. The van der Waals surface area contributed by atoms with Crippen LogP contribution in [0.1, 0.15) is 52.5 Å². The molecule has 4 nitrogen and oxygen atoms in total. The van der Waals surface area contributed by atoms with Crippen molar-refractivity contribution in [3.8, 4) is 0 Å². The third-order valence-corrected chi connectivity index (χ3v) is 4.69. The average molecular weight is 366 g/mol. The van der Waals surface area contributed by atoms with Crippen LogP contribution in [0.4, 0.5) is 5.95 Å². The maximum atomic E-state index is 10.3. The van der Waals surface area contributed by atoms with Crippen LogP contribution in [-0.2, 0) is 0 Å². The molecule has 1 aliphatic carbocycles. The third kappa shape index (κ3) is 3.30. The normalized spacial score (nSPS) is 17.5. The standard InChI is InChI=1S/C17H24BrN3O/c1-17(2,3)10-15(22)20-16-19-13-8-7-11(18)9-14(13)21(16)12-5-4-6-12/h7-9,12,15,22H,4-6,10H2,1-3H3,(H,19,20). The molecule has 1 aromatic heterocycles. The summed E-state index contributed by atoms with van der Waals surface area (Å²) in [6, 6.07) is 6.64. The van der Waals surface area contributed by atoms with Gasteiger partial charge in [-0.25, -0.2) is 4.98 Å². The highest BCUT2D eigenvalue weighted by Gasteiger charge is 2.26. The number of rotatable bonds is 4. The first-order valence-corrected chi connectivity index (χ1v) is 8.75. The summed E-state index contributed by atoms with van der Waals surface area (Å²) in [4.78, 5) is 4.70. The number of fused-ring (bicyclic) bond motifs is 1. The number of anilines is 1. The van der Waals surface area contributed by atoms with Crippen LogP contribution in [0.15, 0.2) is 22.7 Å². The summed E-state index contributed by atoms with van der Waals surface area (Å²) in [7, 11) is 0. The van der Waals surface area contributed by atoms with Crippen LogP contribution in [0.5, 0.6) is 0 Å². The van der Waals surface area contributed by atoms with Crippen molar-refractivity contribution in [1.29, 1.82) is 0 Å². The van der Waals surface area contributed by atoms with Gasteiger partial charge in [0.1, 0.15) is 6.23 Å². The van der Waals surface area contributed by atoms with E-state index in [2.05, 4.69) is 52.7 Å². The van der Waals surface area contributed by atoms with Gasteiger partial charge in [-0.05, 0) is 49.3 Å². The van der Waals surface area contributed by atoms with Gasteiger partial charge in [0.2, 0.25) is 5.95 Å². The Morgan fingerprint density at radius 2 is 2.14 bits per heavy atom. The van der Waals surface area contributed by atoms with Crippen LogP contribution in [0.25, 0.3) is 11.0 Å². The monoisotopic (exact) mass is 365 g/mol. The number of aliphatic hydroxyl groups excluding tert-OH is 1. The van der Waals surface area contributed by atoms with Crippen LogP contribution in [0, 0.1) is 5.41 Å². The highest BCUT2D eigenvalue weighted by molar-refractivity contribution is 9.10. The molecule has 0 radical (unpaired) electrons. The summed E-state index contributed by atoms with van der Waals surface area (Å²) in [5.41, 5.74) is 2.17. The van der Waals surface area contributed by atoms with Gasteiger partial charge in [-0.3, -0.25) is 0 Å². The van der Waals surface area contributed by atoms with Crippen LogP contribution in [-0.4, -0.2) is 20.9 Å². The summed E-state index contributed by atoms with van der Waals surface area (Å²) in [6.45, 7) is 6.39. The minimum Gasteiger partial charge on any atom is -0.374 e. The lowest BCUT2D eigenvalue weighted by molar-refractivity contribution is 0.143. The van der Waals surface area contributed by atoms with E-state index in [1.807, 2.05) is 12.1 Å². The molecule has 1 fully saturated rings. The van der Waals surface area contributed by atoms with Gasteiger partial charge in [0, 0.05) is 10.5 Å². The lowest BCUT2D eigenvalue weighted by atomic mass is 9.91. The second-order valence-electron chi connectivity index (χ2n) is 7.45.